The van der Waals surface area contributed by atoms with Crippen LogP contribution >= 0.6 is 11.6 Å². The number of methoxy groups -OCH3 is 9. The van der Waals surface area contributed by atoms with Crippen molar-refractivity contribution >= 4 is 70.1 Å². The van der Waals surface area contributed by atoms with Gasteiger partial charge in [-0.25, -0.2) is 0 Å². The Morgan fingerprint density at radius 3 is 1.02 bits per heavy atom. The smallest absolute Gasteiger partial charge is 0.303 e. The van der Waals surface area contributed by atoms with Crippen LogP contribution in [0.5, 0.6) is 51.7 Å². The first kappa shape index (κ1) is 74.9. The third kappa shape index (κ3) is 26.2. The van der Waals surface area contributed by atoms with Crippen LogP contribution in [-0.4, -0.2) is 188 Å². The van der Waals surface area contributed by atoms with E-state index in [1.165, 1.54) is 100 Å². The highest BCUT2D eigenvalue weighted by molar-refractivity contribution is 6.67. The summed E-state index contributed by atoms with van der Waals surface area (Å²) in [4.78, 5) is 114. The van der Waals surface area contributed by atoms with Crippen LogP contribution in [0.1, 0.15) is 88.9 Å². The molecule has 0 spiro atoms. The highest BCUT2D eigenvalue weighted by Gasteiger charge is 2.24. The standard InChI is InChI=1S/C21H27N3O7.C15H21NO6.C10H11ClO4.C6H8N2O2.C5H11NO2/c1-29-15-12-14(13-16(30-2)20(15)31-3)21(28)23-9-5-4-6-17(25)22-10-11-24-18(26)7-8-19(24)27;1-20-11-8-10(9-12(21-2)14(11)22-3)15(19)16-7-5-4-6-13(17)18;1-13-7-4-6(10(11)12)5-8(14-2)9(7)15-3;7-3-4-8-5(9)1-2-6(8)10;6-4-2-1-3-5(7)8/h7-8,12-13H,4-6,9-11H2,1-3H3,(H,22,25)(H,23,28);8-9H,4-7H2,1-3H3,(H,16,19)(H,17,18);4-5H,1-3H3;1-2H,3-4,7H2;1-4,6H2,(H,7,8). The van der Waals surface area contributed by atoms with E-state index in [0.29, 0.717) is 133 Å². The van der Waals surface area contributed by atoms with Gasteiger partial charge in [-0.3, -0.25) is 57.7 Å². The van der Waals surface area contributed by atoms with Crippen molar-refractivity contribution in [3.63, 3.8) is 0 Å². The van der Waals surface area contributed by atoms with Crippen molar-refractivity contribution in [1.29, 1.82) is 0 Å². The second-order valence-electron chi connectivity index (χ2n) is 17.4. The van der Waals surface area contributed by atoms with E-state index in [2.05, 4.69) is 16.0 Å². The van der Waals surface area contributed by atoms with Crippen molar-refractivity contribution in [2.24, 2.45) is 11.5 Å². The zero-order valence-corrected chi connectivity index (χ0v) is 50.4. The van der Waals surface area contributed by atoms with Gasteiger partial charge in [0.25, 0.3) is 40.7 Å². The number of carbonyl (C=O) groups excluding carboxylic acids is 8. The molecule has 0 aliphatic carbocycles. The van der Waals surface area contributed by atoms with Crippen molar-refractivity contribution < 1.29 is 101 Å². The molecule has 0 unspecified atom stereocenters. The van der Waals surface area contributed by atoms with Gasteiger partial charge in [0.15, 0.2) is 34.5 Å². The minimum Gasteiger partial charge on any atom is -0.493 e. The summed E-state index contributed by atoms with van der Waals surface area (Å²) in [6, 6.07) is 9.25. The molecule has 2 aliphatic heterocycles. The Labute approximate surface area is 503 Å². The second-order valence-corrected chi connectivity index (χ2v) is 17.8. The zero-order valence-electron chi connectivity index (χ0n) is 49.7. The molecule has 29 heteroatoms. The summed E-state index contributed by atoms with van der Waals surface area (Å²) < 4.78 is 46.5. The molecule has 0 radical (unpaired) electrons. The number of carboxylic acids is 2. The number of hydrogen-bond donors (Lipinski definition) is 7. The van der Waals surface area contributed by atoms with Crippen LogP contribution in [-0.2, 0) is 33.6 Å². The molecule has 0 saturated carbocycles. The molecular weight excluding hydrogens is 1150 g/mol. The Morgan fingerprint density at radius 1 is 0.419 bits per heavy atom. The highest BCUT2D eigenvalue weighted by atomic mass is 35.5. The van der Waals surface area contributed by atoms with Gasteiger partial charge in [0.1, 0.15) is 0 Å². The van der Waals surface area contributed by atoms with Crippen LogP contribution in [0.4, 0.5) is 0 Å². The third-order valence-corrected chi connectivity index (χ3v) is 11.8. The lowest BCUT2D eigenvalue weighted by Crippen LogP contribution is -2.38. The molecule has 2 aliphatic rings. The quantitative estimate of drug-likeness (QED) is 0.0275. The van der Waals surface area contributed by atoms with Crippen molar-refractivity contribution in [3.05, 3.63) is 77.4 Å². The second kappa shape index (κ2) is 41.8. The minimum absolute atomic E-state index is 0.0973. The lowest BCUT2D eigenvalue weighted by atomic mass is 10.1. The van der Waals surface area contributed by atoms with Gasteiger partial charge in [-0.1, -0.05) is 0 Å². The van der Waals surface area contributed by atoms with Crippen molar-refractivity contribution in [2.75, 3.05) is 110 Å². The predicted molar refractivity (Wildman–Crippen MR) is 313 cm³/mol. The lowest BCUT2D eigenvalue weighted by molar-refractivity contribution is -0.138. The number of nitrogens with two attached hydrogens (primary N) is 2. The topological polar surface area (TPSA) is 389 Å². The van der Waals surface area contributed by atoms with Crippen LogP contribution in [0.3, 0.4) is 0 Å². The Balaban J connectivity index is 0.000000584. The number of amides is 7. The molecule has 0 bridgehead atoms. The number of hydrogen-bond acceptors (Lipinski definition) is 21. The van der Waals surface area contributed by atoms with Gasteiger partial charge in [-0.05, 0) is 93.1 Å². The Hall–Kier alpha value is -9.15. The molecular formula is C57H78ClN7O21. The molecule has 28 nitrogen and oxygen atoms in total. The molecule has 0 aromatic heterocycles. The van der Waals surface area contributed by atoms with E-state index < -0.39 is 17.2 Å². The van der Waals surface area contributed by atoms with Crippen molar-refractivity contribution in [1.82, 2.24) is 25.8 Å². The number of nitrogens with one attached hydrogen (secondary N) is 3. The summed E-state index contributed by atoms with van der Waals surface area (Å²) >= 11 is 5.37. The number of rotatable bonds is 31. The number of aliphatic carboxylic acids is 2. The van der Waals surface area contributed by atoms with Gasteiger partial charge < -0.3 is 80.3 Å². The summed E-state index contributed by atoms with van der Waals surface area (Å²) in [5.41, 5.74) is 11.3. The fourth-order valence-corrected chi connectivity index (χ4v) is 7.40. The van der Waals surface area contributed by atoms with Crippen LogP contribution in [0.2, 0.25) is 0 Å². The van der Waals surface area contributed by atoms with Crippen molar-refractivity contribution in [3.8, 4) is 51.7 Å². The minimum atomic E-state index is -0.837. The summed E-state index contributed by atoms with van der Waals surface area (Å²) in [6.45, 7) is 2.36. The number of carboxylic acid groups (broad SMARTS) is 2. The van der Waals surface area contributed by atoms with E-state index in [9.17, 15) is 47.9 Å². The van der Waals surface area contributed by atoms with E-state index in [1.807, 2.05) is 0 Å². The van der Waals surface area contributed by atoms with Gasteiger partial charge >= 0.3 is 11.9 Å². The van der Waals surface area contributed by atoms with Crippen LogP contribution in [0.25, 0.3) is 0 Å². The van der Waals surface area contributed by atoms with Gasteiger partial charge in [0, 0.05) is 99.5 Å². The molecule has 3 aromatic rings. The number of carbonyl (C=O) groups is 10. The van der Waals surface area contributed by atoms with Crippen molar-refractivity contribution in [2.45, 2.75) is 57.8 Å². The first-order valence-corrected chi connectivity index (χ1v) is 26.8. The van der Waals surface area contributed by atoms with Crippen LogP contribution in [0, 0.1) is 0 Å². The first-order chi connectivity index (χ1) is 41.1. The SMILES string of the molecule is COc1cc(C(=O)Cl)cc(OC)c1OC.COc1cc(C(=O)NCCCCC(=O)NCCN2C(=O)C=CC2=O)cc(OC)c1OC.COc1cc(C(=O)NCCCCC(=O)O)cc(OC)c1OC.NCCCCC(=O)O.NCCN1C(=O)C=CC1=O. The fourth-order valence-electron chi connectivity index (χ4n) is 7.29. The van der Waals surface area contributed by atoms with Gasteiger partial charge in [-0.15, -0.1) is 0 Å². The van der Waals surface area contributed by atoms with Gasteiger partial charge in [0.05, 0.1) is 64.0 Å². The molecule has 0 fully saturated rings. The molecule has 0 atom stereocenters. The number of benzene rings is 3. The molecule has 5 rings (SSSR count). The fraction of sp³-hybridized carbons (Fsp3) is 0.439. The average molecular weight is 1230 g/mol. The first-order valence-electron chi connectivity index (χ1n) is 26.4. The zero-order chi connectivity index (χ0) is 64.7. The van der Waals surface area contributed by atoms with Crippen LogP contribution < -0.4 is 70.0 Å². The number of nitrogens with zero attached hydrogens (tertiary/aromatic N) is 2. The van der Waals surface area contributed by atoms with E-state index >= 15 is 0 Å². The Kier molecular flexibility index (Phi) is 36.4. The summed E-state index contributed by atoms with van der Waals surface area (Å²) in [5.74, 6) is 0.0253. The van der Waals surface area contributed by atoms with E-state index in [-0.39, 0.29) is 73.7 Å². The molecule has 9 N–H and O–H groups in total. The molecule has 0 saturated heterocycles. The highest BCUT2D eigenvalue weighted by Crippen LogP contribution is 2.40. The Bertz CT molecular complexity index is 2720. The van der Waals surface area contributed by atoms with Gasteiger partial charge in [0.2, 0.25) is 23.2 Å². The van der Waals surface area contributed by atoms with Crippen LogP contribution in [0.15, 0.2) is 60.7 Å². The van der Waals surface area contributed by atoms with E-state index in [1.54, 1.807) is 24.3 Å². The molecule has 2 heterocycles. The summed E-state index contributed by atoms with van der Waals surface area (Å²) in [5, 5.41) is 24.3. The largest absolute Gasteiger partial charge is 0.493 e. The predicted octanol–water partition coefficient (Wildman–Crippen LogP) is 3.51. The Morgan fingerprint density at radius 2 is 0.733 bits per heavy atom. The number of halogens is 1. The number of imide groups is 2. The summed E-state index contributed by atoms with van der Waals surface area (Å²) in [7, 11) is 13.3. The molecule has 3 aromatic carbocycles. The number of unbranched alkanes of at least 4 members (excludes halogenated alkanes) is 3. The monoisotopic (exact) mass is 1230 g/mol. The maximum absolute atomic E-state index is 12.4. The number of ether oxygens (including phenoxy) is 9. The maximum Gasteiger partial charge on any atom is 0.303 e. The normalized spacial score (nSPS) is 11.6. The third-order valence-electron chi connectivity index (χ3n) is 11.6. The lowest BCUT2D eigenvalue weighted by Gasteiger charge is -2.14. The maximum atomic E-state index is 12.4. The molecule has 7 amide bonds. The van der Waals surface area contributed by atoms with E-state index in [0.717, 1.165) is 16.2 Å². The van der Waals surface area contributed by atoms with E-state index in [4.69, 9.17) is 75.9 Å². The molecule has 86 heavy (non-hydrogen) atoms. The average Bonchev–Trinajstić information content (AvgIpc) is 2.88. The molecule has 474 valence electrons. The van der Waals surface area contributed by atoms with Gasteiger partial charge in [-0.2, -0.15) is 0 Å². The summed E-state index contributed by atoms with van der Waals surface area (Å²) in [6.07, 6.45) is 9.34.